The van der Waals surface area contributed by atoms with Gasteiger partial charge in [0.2, 0.25) is 5.91 Å². The minimum absolute atomic E-state index is 0.261. The molecule has 112 valence electrons. The summed E-state index contributed by atoms with van der Waals surface area (Å²) in [6.45, 7) is 3.59. The summed E-state index contributed by atoms with van der Waals surface area (Å²) in [6.07, 6.45) is 0. The molecule has 0 aliphatic heterocycles. The molecule has 2 aromatic heterocycles. The van der Waals surface area contributed by atoms with Crippen molar-refractivity contribution in [2.45, 2.75) is 25.9 Å². The predicted molar refractivity (Wildman–Crippen MR) is 84.2 cm³/mol. The molecule has 6 nitrogen and oxygen atoms in total. The lowest BCUT2D eigenvalue weighted by atomic mass is 10.0. The van der Waals surface area contributed by atoms with E-state index in [2.05, 4.69) is 15.6 Å². The van der Waals surface area contributed by atoms with Crippen molar-refractivity contribution in [3.8, 4) is 0 Å². The molecule has 0 saturated heterocycles. The number of thiophene rings is 1. The Labute approximate surface area is 130 Å². The lowest BCUT2D eigenvalue weighted by molar-refractivity contribution is -0.126. The van der Waals surface area contributed by atoms with Gasteiger partial charge in [-0.3, -0.25) is 9.59 Å². The third kappa shape index (κ3) is 4.02. The van der Waals surface area contributed by atoms with Gasteiger partial charge in [0.1, 0.15) is 5.54 Å². The molecular formula is C13H16N4O2S2. The number of anilines is 1. The fourth-order valence-electron chi connectivity index (χ4n) is 1.61. The first-order valence-electron chi connectivity index (χ1n) is 6.22. The Hall–Kier alpha value is -1.93. The van der Waals surface area contributed by atoms with E-state index < -0.39 is 5.54 Å². The topological polar surface area (TPSA) is 97.1 Å². The maximum atomic E-state index is 12.2. The van der Waals surface area contributed by atoms with Gasteiger partial charge in [-0.05, 0) is 25.3 Å². The number of aromatic nitrogens is 1. The number of carbonyl (C=O) groups is 2. The van der Waals surface area contributed by atoms with Crippen LogP contribution in [0.4, 0.5) is 5.13 Å². The molecule has 0 aromatic carbocycles. The van der Waals surface area contributed by atoms with Gasteiger partial charge in [0, 0.05) is 5.38 Å². The Kier molecular flexibility index (Phi) is 4.59. The summed E-state index contributed by atoms with van der Waals surface area (Å²) < 4.78 is 0. The van der Waals surface area contributed by atoms with Crippen molar-refractivity contribution >= 4 is 39.6 Å². The van der Waals surface area contributed by atoms with Crippen LogP contribution >= 0.6 is 22.7 Å². The Morgan fingerprint density at radius 3 is 2.71 bits per heavy atom. The summed E-state index contributed by atoms with van der Waals surface area (Å²) in [5.74, 6) is -0.540. The Balaban J connectivity index is 1.92. The zero-order valence-corrected chi connectivity index (χ0v) is 13.3. The highest BCUT2D eigenvalue weighted by molar-refractivity contribution is 7.13. The molecule has 2 heterocycles. The minimum Gasteiger partial charge on any atom is -0.375 e. The standard InChI is InChI=1S/C13H16N4O2S2/c1-13(2,17-10(18)9-4-3-5-20-9)11(19)15-6-8-7-21-12(14)16-8/h3-5,7H,6H2,1-2H3,(H2,14,16)(H,15,19)(H,17,18). The first-order valence-corrected chi connectivity index (χ1v) is 7.98. The number of nitrogens with zero attached hydrogens (tertiary/aromatic N) is 1. The van der Waals surface area contributed by atoms with E-state index in [4.69, 9.17) is 5.73 Å². The number of nitrogens with one attached hydrogen (secondary N) is 2. The van der Waals surface area contributed by atoms with Crippen LogP contribution in [0.3, 0.4) is 0 Å². The molecule has 0 unspecified atom stereocenters. The lowest BCUT2D eigenvalue weighted by Crippen LogP contribution is -2.54. The van der Waals surface area contributed by atoms with Crippen molar-refractivity contribution < 1.29 is 9.59 Å². The first kappa shape index (κ1) is 15.5. The van der Waals surface area contributed by atoms with Crippen LogP contribution in [0.2, 0.25) is 0 Å². The summed E-state index contributed by atoms with van der Waals surface area (Å²) in [7, 11) is 0. The fourth-order valence-corrected chi connectivity index (χ4v) is 2.79. The van der Waals surface area contributed by atoms with Gasteiger partial charge in [0.05, 0.1) is 17.1 Å². The molecule has 8 heteroatoms. The molecule has 21 heavy (non-hydrogen) atoms. The van der Waals surface area contributed by atoms with Crippen molar-refractivity contribution in [2.24, 2.45) is 0 Å². The Morgan fingerprint density at radius 1 is 1.38 bits per heavy atom. The third-order valence-electron chi connectivity index (χ3n) is 2.74. The third-order valence-corrected chi connectivity index (χ3v) is 4.33. The maximum Gasteiger partial charge on any atom is 0.262 e. The molecule has 0 spiro atoms. The van der Waals surface area contributed by atoms with Crippen molar-refractivity contribution in [1.82, 2.24) is 15.6 Å². The molecule has 0 aliphatic rings. The van der Waals surface area contributed by atoms with E-state index in [1.165, 1.54) is 22.7 Å². The number of nitrogen functional groups attached to an aromatic ring is 1. The second-order valence-corrected chi connectivity index (χ2v) is 6.75. The van der Waals surface area contributed by atoms with Crippen molar-refractivity contribution in [2.75, 3.05) is 5.73 Å². The van der Waals surface area contributed by atoms with E-state index in [0.29, 0.717) is 15.7 Å². The average molecular weight is 324 g/mol. The fraction of sp³-hybridized carbons (Fsp3) is 0.308. The predicted octanol–water partition coefficient (Wildman–Crippen LogP) is 1.61. The van der Waals surface area contributed by atoms with Gasteiger partial charge < -0.3 is 16.4 Å². The van der Waals surface area contributed by atoms with Gasteiger partial charge in [0.15, 0.2) is 5.13 Å². The molecule has 0 bridgehead atoms. The summed E-state index contributed by atoms with van der Waals surface area (Å²) in [5.41, 5.74) is 5.22. The lowest BCUT2D eigenvalue weighted by Gasteiger charge is -2.24. The van der Waals surface area contributed by atoms with Crippen molar-refractivity contribution in [3.63, 3.8) is 0 Å². The molecule has 0 saturated carbocycles. The van der Waals surface area contributed by atoms with Crippen LogP contribution in [0.5, 0.6) is 0 Å². The number of hydrogen-bond donors (Lipinski definition) is 3. The van der Waals surface area contributed by atoms with Crippen LogP contribution in [0, 0.1) is 0 Å². The maximum absolute atomic E-state index is 12.2. The summed E-state index contributed by atoms with van der Waals surface area (Å²) in [5, 5.41) is 9.52. The van der Waals surface area contributed by atoms with Gasteiger partial charge in [-0.15, -0.1) is 22.7 Å². The quantitative estimate of drug-likeness (QED) is 0.778. The summed E-state index contributed by atoms with van der Waals surface area (Å²) in [6, 6.07) is 3.51. The molecule has 0 atom stereocenters. The second kappa shape index (κ2) is 6.23. The average Bonchev–Trinajstić information content (AvgIpc) is 3.06. The van der Waals surface area contributed by atoms with Crippen LogP contribution in [-0.4, -0.2) is 22.3 Å². The highest BCUT2D eigenvalue weighted by Gasteiger charge is 2.29. The molecule has 2 aromatic rings. The molecule has 2 rings (SSSR count). The molecule has 0 aliphatic carbocycles. The second-order valence-electron chi connectivity index (χ2n) is 4.92. The van der Waals surface area contributed by atoms with Gasteiger partial charge in [-0.25, -0.2) is 4.98 Å². The van der Waals surface area contributed by atoms with Crippen molar-refractivity contribution in [3.05, 3.63) is 33.5 Å². The normalized spacial score (nSPS) is 11.1. The number of rotatable bonds is 5. The number of carbonyl (C=O) groups excluding carboxylic acids is 2. The van der Waals surface area contributed by atoms with Crippen LogP contribution in [0.15, 0.2) is 22.9 Å². The van der Waals surface area contributed by atoms with Crippen molar-refractivity contribution in [1.29, 1.82) is 0 Å². The number of amides is 2. The molecule has 0 radical (unpaired) electrons. The zero-order chi connectivity index (χ0) is 15.5. The highest BCUT2D eigenvalue weighted by atomic mass is 32.1. The van der Waals surface area contributed by atoms with Gasteiger partial charge in [0.25, 0.3) is 5.91 Å². The van der Waals surface area contributed by atoms with Crippen LogP contribution in [0.25, 0.3) is 0 Å². The highest BCUT2D eigenvalue weighted by Crippen LogP contribution is 2.13. The van der Waals surface area contributed by atoms with E-state index in [1.807, 2.05) is 5.38 Å². The van der Waals surface area contributed by atoms with Crippen LogP contribution in [0.1, 0.15) is 29.2 Å². The summed E-state index contributed by atoms with van der Waals surface area (Å²) >= 11 is 2.65. The van der Waals surface area contributed by atoms with Gasteiger partial charge in [-0.1, -0.05) is 6.07 Å². The molecule has 0 fully saturated rings. The molecule has 4 N–H and O–H groups in total. The zero-order valence-electron chi connectivity index (χ0n) is 11.7. The number of thiazole rings is 1. The van der Waals surface area contributed by atoms with E-state index in [9.17, 15) is 9.59 Å². The SMILES string of the molecule is CC(C)(NC(=O)c1cccs1)C(=O)NCc1csc(N)n1. The van der Waals surface area contributed by atoms with E-state index in [0.717, 1.165) is 0 Å². The monoisotopic (exact) mass is 324 g/mol. The Bertz CT molecular complexity index is 634. The number of hydrogen-bond acceptors (Lipinski definition) is 6. The van der Waals surface area contributed by atoms with E-state index in [-0.39, 0.29) is 18.4 Å². The Morgan fingerprint density at radius 2 is 2.14 bits per heavy atom. The van der Waals surface area contributed by atoms with Gasteiger partial charge in [-0.2, -0.15) is 0 Å². The largest absolute Gasteiger partial charge is 0.375 e. The smallest absolute Gasteiger partial charge is 0.262 e. The van der Waals surface area contributed by atoms with Crippen LogP contribution < -0.4 is 16.4 Å². The van der Waals surface area contributed by atoms with E-state index in [1.54, 1.807) is 31.4 Å². The van der Waals surface area contributed by atoms with Gasteiger partial charge >= 0.3 is 0 Å². The molecular weight excluding hydrogens is 308 g/mol. The molecule has 2 amide bonds. The van der Waals surface area contributed by atoms with E-state index >= 15 is 0 Å². The minimum atomic E-state index is -1.01. The summed E-state index contributed by atoms with van der Waals surface area (Å²) in [4.78, 5) is 28.8. The van der Waals surface area contributed by atoms with Crippen LogP contribution in [-0.2, 0) is 11.3 Å². The first-order chi connectivity index (χ1) is 9.88. The number of nitrogens with two attached hydrogens (primary N) is 1.